The molecule has 2 N–H and O–H groups in total. The normalized spacial score (nSPS) is 15.2. The van der Waals surface area contributed by atoms with E-state index in [0.29, 0.717) is 13.1 Å². The Hall–Kier alpha value is -2.41. The van der Waals surface area contributed by atoms with Gasteiger partial charge in [0, 0.05) is 30.1 Å². The SMILES string of the molecule is Cc1ccc(C)c(NC(=O)N2CCC(c3nc(C(=O)O)cs3)CC2)c1. The van der Waals surface area contributed by atoms with Crippen LogP contribution in [0.2, 0.25) is 0 Å². The van der Waals surface area contributed by atoms with Crippen molar-refractivity contribution in [2.24, 2.45) is 0 Å². The van der Waals surface area contributed by atoms with Gasteiger partial charge >= 0.3 is 12.0 Å². The van der Waals surface area contributed by atoms with Gasteiger partial charge in [0.15, 0.2) is 5.69 Å². The number of thiazole rings is 1. The van der Waals surface area contributed by atoms with E-state index in [4.69, 9.17) is 5.11 Å². The lowest BCUT2D eigenvalue weighted by atomic mass is 9.98. The van der Waals surface area contributed by atoms with Crippen LogP contribution in [0.25, 0.3) is 0 Å². The maximum absolute atomic E-state index is 12.5. The molecule has 0 unspecified atom stereocenters. The van der Waals surface area contributed by atoms with E-state index in [9.17, 15) is 9.59 Å². The van der Waals surface area contributed by atoms with Gasteiger partial charge < -0.3 is 15.3 Å². The minimum atomic E-state index is -0.993. The molecule has 2 aromatic rings. The summed E-state index contributed by atoms with van der Waals surface area (Å²) in [6.07, 6.45) is 1.60. The van der Waals surface area contributed by atoms with Gasteiger partial charge in [-0.1, -0.05) is 12.1 Å². The highest BCUT2D eigenvalue weighted by molar-refractivity contribution is 7.09. The largest absolute Gasteiger partial charge is 0.476 e. The van der Waals surface area contributed by atoms with Crippen molar-refractivity contribution in [3.8, 4) is 0 Å². The zero-order valence-electron chi connectivity index (χ0n) is 14.3. The maximum atomic E-state index is 12.5. The highest BCUT2D eigenvalue weighted by Crippen LogP contribution is 2.30. The number of rotatable bonds is 3. The summed E-state index contributed by atoms with van der Waals surface area (Å²) in [5, 5.41) is 14.4. The molecule has 6 nitrogen and oxygen atoms in total. The second-order valence-corrected chi connectivity index (χ2v) is 7.28. The molecule has 0 aliphatic carbocycles. The van der Waals surface area contributed by atoms with E-state index < -0.39 is 5.97 Å². The first kappa shape index (κ1) is 17.4. The lowest BCUT2D eigenvalue weighted by Crippen LogP contribution is -2.40. The molecule has 0 saturated carbocycles. The molecule has 132 valence electrons. The number of carbonyl (C=O) groups excluding carboxylic acids is 1. The van der Waals surface area contributed by atoms with Gasteiger partial charge in [-0.3, -0.25) is 0 Å². The summed E-state index contributed by atoms with van der Waals surface area (Å²) in [4.78, 5) is 29.4. The van der Waals surface area contributed by atoms with Gasteiger partial charge in [0.05, 0.1) is 5.01 Å². The number of benzene rings is 1. The van der Waals surface area contributed by atoms with Crippen molar-refractivity contribution in [1.82, 2.24) is 9.88 Å². The average Bonchev–Trinajstić information content (AvgIpc) is 3.08. The molecule has 0 atom stereocenters. The van der Waals surface area contributed by atoms with E-state index in [1.807, 2.05) is 36.9 Å². The second kappa shape index (κ2) is 7.23. The zero-order chi connectivity index (χ0) is 18.0. The van der Waals surface area contributed by atoms with Gasteiger partial charge in [0.1, 0.15) is 0 Å². The van der Waals surface area contributed by atoms with Crippen molar-refractivity contribution in [2.45, 2.75) is 32.6 Å². The van der Waals surface area contributed by atoms with E-state index in [-0.39, 0.29) is 17.6 Å². The average molecular weight is 359 g/mol. The molecule has 2 amide bonds. The summed E-state index contributed by atoms with van der Waals surface area (Å²) in [5.74, 6) is -0.768. The molecule has 2 heterocycles. The Balaban J connectivity index is 1.58. The predicted molar refractivity (Wildman–Crippen MR) is 97.6 cm³/mol. The number of anilines is 1. The van der Waals surface area contributed by atoms with Gasteiger partial charge in [-0.15, -0.1) is 11.3 Å². The molecule has 25 heavy (non-hydrogen) atoms. The second-order valence-electron chi connectivity index (χ2n) is 6.39. The van der Waals surface area contributed by atoms with E-state index in [0.717, 1.165) is 34.7 Å². The van der Waals surface area contributed by atoms with Gasteiger partial charge in [-0.05, 0) is 43.9 Å². The molecule has 0 radical (unpaired) electrons. The van der Waals surface area contributed by atoms with E-state index >= 15 is 0 Å². The summed E-state index contributed by atoms with van der Waals surface area (Å²) in [6.45, 7) is 5.26. The summed E-state index contributed by atoms with van der Waals surface area (Å²) in [5.41, 5.74) is 3.10. The maximum Gasteiger partial charge on any atom is 0.355 e. The highest BCUT2D eigenvalue weighted by atomic mass is 32.1. The van der Waals surface area contributed by atoms with Crippen LogP contribution in [0.15, 0.2) is 23.6 Å². The predicted octanol–water partition coefficient (Wildman–Crippen LogP) is 3.87. The Bertz CT molecular complexity index is 795. The topological polar surface area (TPSA) is 82.5 Å². The quantitative estimate of drug-likeness (QED) is 0.871. The third kappa shape index (κ3) is 3.99. The van der Waals surface area contributed by atoms with Crippen molar-refractivity contribution in [3.63, 3.8) is 0 Å². The molecule has 0 spiro atoms. The molecule has 1 aromatic heterocycles. The first-order valence-electron chi connectivity index (χ1n) is 8.26. The molecule has 7 heteroatoms. The molecule has 1 fully saturated rings. The number of hydrogen-bond acceptors (Lipinski definition) is 4. The number of carbonyl (C=O) groups is 2. The third-order valence-corrected chi connectivity index (χ3v) is 5.51. The fraction of sp³-hybridized carbons (Fsp3) is 0.389. The lowest BCUT2D eigenvalue weighted by molar-refractivity contribution is 0.0691. The number of urea groups is 1. The zero-order valence-corrected chi connectivity index (χ0v) is 15.1. The van der Waals surface area contributed by atoms with Crippen LogP contribution in [0.4, 0.5) is 10.5 Å². The van der Waals surface area contributed by atoms with Crippen LogP contribution in [0.5, 0.6) is 0 Å². The fourth-order valence-electron chi connectivity index (χ4n) is 2.97. The summed E-state index contributed by atoms with van der Waals surface area (Å²) in [7, 11) is 0. The number of aromatic nitrogens is 1. The minimum Gasteiger partial charge on any atom is -0.476 e. The fourth-order valence-corrected chi connectivity index (χ4v) is 3.93. The smallest absolute Gasteiger partial charge is 0.355 e. The molecule has 3 rings (SSSR count). The number of nitrogens with zero attached hydrogens (tertiary/aromatic N) is 2. The first-order chi connectivity index (χ1) is 11.9. The molecule has 1 aromatic carbocycles. The van der Waals surface area contributed by atoms with Crippen LogP contribution >= 0.6 is 11.3 Å². The molecule has 1 aliphatic heterocycles. The van der Waals surface area contributed by atoms with Crippen LogP contribution in [-0.4, -0.2) is 40.1 Å². The van der Waals surface area contributed by atoms with Crippen molar-refractivity contribution < 1.29 is 14.7 Å². The number of carboxylic acid groups (broad SMARTS) is 1. The van der Waals surface area contributed by atoms with Crippen LogP contribution < -0.4 is 5.32 Å². The molecule has 1 aliphatic rings. The van der Waals surface area contributed by atoms with E-state index in [1.54, 1.807) is 5.38 Å². The standard InChI is InChI=1S/C18H21N3O3S/c1-11-3-4-12(2)14(9-11)20-18(24)21-7-5-13(6-8-21)16-19-15(10-25-16)17(22)23/h3-4,9-10,13H,5-8H2,1-2H3,(H,20,24)(H,22,23). The summed E-state index contributed by atoms with van der Waals surface area (Å²) >= 11 is 1.39. The minimum absolute atomic E-state index is 0.0856. The monoisotopic (exact) mass is 359 g/mol. The van der Waals surface area contributed by atoms with Crippen LogP contribution in [-0.2, 0) is 0 Å². The van der Waals surface area contributed by atoms with Gasteiger partial charge in [0.25, 0.3) is 0 Å². The summed E-state index contributed by atoms with van der Waals surface area (Å²) in [6, 6.07) is 5.91. The number of likely N-dealkylation sites (tertiary alicyclic amines) is 1. The lowest BCUT2D eigenvalue weighted by Gasteiger charge is -2.31. The Morgan fingerprint density at radius 2 is 2.00 bits per heavy atom. The van der Waals surface area contributed by atoms with Gasteiger partial charge in [-0.2, -0.15) is 0 Å². The Morgan fingerprint density at radius 3 is 2.64 bits per heavy atom. The number of amides is 2. The number of hydrogen-bond donors (Lipinski definition) is 2. The Morgan fingerprint density at radius 1 is 1.28 bits per heavy atom. The number of aryl methyl sites for hydroxylation is 2. The molecular weight excluding hydrogens is 338 g/mol. The highest BCUT2D eigenvalue weighted by Gasteiger charge is 2.26. The molecule has 1 saturated heterocycles. The first-order valence-corrected chi connectivity index (χ1v) is 9.14. The number of piperidine rings is 1. The van der Waals surface area contributed by atoms with Crippen LogP contribution in [0.1, 0.15) is 45.4 Å². The Kier molecular flexibility index (Phi) is 5.03. The summed E-state index contributed by atoms with van der Waals surface area (Å²) < 4.78 is 0. The Labute approximate surface area is 150 Å². The van der Waals surface area contributed by atoms with Crippen LogP contribution in [0.3, 0.4) is 0 Å². The van der Waals surface area contributed by atoms with Gasteiger partial charge in [-0.25, -0.2) is 14.6 Å². The van der Waals surface area contributed by atoms with Crippen molar-refractivity contribution >= 4 is 29.0 Å². The van der Waals surface area contributed by atoms with Crippen molar-refractivity contribution in [1.29, 1.82) is 0 Å². The third-order valence-electron chi connectivity index (χ3n) is 4.51. The number of carboxylic acids is 1. The molecular formula is C18H21N3O3S. The van der Waals surface area contributed by atoms with Crippen LogP contribution in [0, 0.1) is 13.8 Å². The van der Waals surface area contributed by atoms with Crippen molar-refractivity contribution in [2.75, 3.05) is 18.4 Å². The van der Waals surface area contributed by atoms with Crippen molar-refractivity contribution in [3.05, 3.63) is 45.4 Å². The molecule has 0 bridgehead atoms. The number of aromatic carboxylic acids is 1. The van der Waals surface area contributed by atoms with Gasteiger partial charge in [0.2, 0.25) is 0 Å². The number of nitrogens with one attached hydrogen (secondary N) is 1. The van der Waals surface area contributed by atoms with E-state index in [2.05, 4.69) is 10.3 Å². The van der Waals surface area contributed by atoms with E-state index in [1.165, 1.54) is 11.3 Å².